The molecule has 0 N–H and O–H groups in total. The van der Waals surface area contributed by atoms with Crippen LogP contribution in [0.25, 0.3) is 0 Å². The minimum Gasteiger partial charge on any atom is -0.103 e. The Morgan fingerprint density at radius 3 is 2.55 bits per heavy atom. The molecule has 0 nitrogen and oxygen atoms in total. The van der Waals surface area contributed by atoms with Gasteiger partial charge in [0.2, 0.25) is 0 Å². The highest BCUT2D eigenvalue weighted by molar-refractivity contribution is 4.70. The summed E-state index contributed by atoms with van der Waals surface area (Å²) in [6, 6.07) is 0. The molecule has 0 amide bonds. The van der Waals surface area contributed by atoms with E-state index in [1.54, 1.807) is 0 Å². The summed E-state index contributed by atoms with van der Waals surface area (Å²) in [5.74, 6) is 1.06. The third kappa shape index (κ3) is 3.60. The van der Waals surface area contributed by atoms with Crippen molar-refractivity contribution in [2.75, 3.05) is 0 Å². The molecule has 1 fully saturated rings. The van der Waals surface area contributed by atoms with Crippen LogP contribution < -0.4 is 0 Å². The summed E-state index contributed by atoms with van der Waals surface area (Å²) in [4.78, 5) is 0. The third-order valence-corrected chi connectivity index (χ3v) is 2.75. The van der Waals surface area contributed by atoms with E-state index >= 15 is 0 Å². The fraction of sp³-hybridized carbons (Fsp3) is 0.818. The van der Waals surface area contributed by atoms with Gasteiger partial charge >= 0.3 is 0 Å². The van der Waals surface area contributed by atoms with E-state index in [0.717, 1.165) is 5.92 Å². The molecule has 0 aromatic rings. The van der Waals surface area contributed by atoms with Crippen molar-refractivity contribution in [2.45, 2.75) is 51.4 Å². The highest BCUT2D eigenvalue weighted by Crippen LogP contribution is 2.27. The smallest absolute Gasteiger partial charge is 0.0353 e. The Labute approximate surface area is 70.7 Å². The predicted octanol–water partition coefficient (Wildman–Crippen LogP) is 3.92. The monoisotopic (exact) mass is 152 g/mol. The Morgan fingerprint density at radius 2 is 1.91 bits per heavy atom. The maximum atomic E-state index is 3.74. The summed E-state index contributed by atoms with van der Waals surface area (Å²) in [7, 11) is 0. The maximum Gasteiger partial charge on any atom is -0.0353 e. The molecule has 1 aliphatic carbocycles. The van der Waals surface area contributed by atoms with Crippen LogP contribution in [-0.4, -0.2) is 0 Å². The van der Waals surface area contributed by atoms with E-state index < -0.39 is 0 Å². The van der Waals surface area contributed by atoms with E-state index in [2.05, 4.69) is 6.58 Å². The first kappa shape index (κ1) is 8.83. The second-order valence-electron chi connectivity index (χ2n) is 3.72. The van der Waals surface area contributed by atoms with Crippen LogP contribution in [0.5, 0.6) is 0 Å². The van der Waals surface area contributed by atoms with Crippen molar-refractivity contribution < 1.29 is 0 Å². The van der Waals surface area contributed by atoms with Gasteiger partial charge in [-0.3, -0.25) is 0 Å². The van der Waals surface area contributed by atoms with Crippen molar-refractivity contribution >= 4 is 0 Å². The van der Waals surface area contributed by atoms with Gasteiger partial charge in [-0.15, -0.1) is 6.58 Å². The Balaban J connectivity index is 2.00. The summed E-state index contributed by atoms with van der Waals surface area (Å²) >= 11 is 0. The molecule has 0 saturated heterocycles. The summed E-state index contributed by atoms with van der Waals surface area (Å²) < 4.78 is 0. The van der Waals surface area contributed by atoms with Crippen LogP contribution in [0, 0.1) is 5.92 Å². The quantitative estimate of drug-likeness (QED) is 0.423. The number of unbranched alkanes of at least 4 members (excludes halogenated alkanes) is 1. The van der Waals surface area contributed by atoms with Crippen molar-refractivity contribution in [2.24, 2.45) is 5.92 Å². The Morgan fingerprint density at radius 1 is 1.18 bits per heavy atom. The summed E-state index contributed by atoms with van der Waals surface area (Å²) in [5.41, 5.74) is 0. The molecule has 64 valence electrons. The summed E-state index contributed by atoms with van der Waals surface area (Å²) in [6.45, 7) is 3.74. The molecular weight excluding hydrogens is 132 g/mol. The largest absolute Gasteiger partial charge is 0.103 e. The lowest BCUT2D eigenvalue weighted by molar-refractivity contribution is 0.333. The molecule has 0 heteroatoms. The van der Waals surface area contributed by atoms with Gasteiger partial charge in [-0.25, -0.2) is 0 Å². The standard InChI is InChI=1S/C11H20/c1-2-3-5-8-11-9-6-4-7-10-11/h2,11H,1,3-10H2. The molecular formula is C11H20. The zero-order valence-corrected chi connectivity index (χ0v) is 7.52. The van der Waals surface area contributed by atoms with Crippen LogP contribution in [0.4, 0.5) is 0 Å². The van der Waals surface area contributed by atoms with E-state index in [-0.39, 0.29) is 0 Å². The molecule has 0 unspecified atom stereocenters. The number of rotatable bonds is 4. The second-order valence-corrected chi connectivity index (χ2v) is 3.72. The van der Waals surface area contributed by atoms with Gasteiger partial charge in [0.25, 0.3) is 0 Å². The molecule has 11 heavy (non-hydrogen) atoms. The lowest BCUT2D eigenvalue weighted by Crippen LogP contribution is -2.05. The first-order valence-corrected chi connectivity index (χ1v) is 5.04. The molecule has 0 aromatic heterocycles. The van der Waals surface area contributed by atoms with Crippen LogP contribution in [0.3, 0.4) is 0 Å². The van der Waals surface area contributed by atoms with Crippen LogP contribution in [0.2, 0.25) is 0 Å². The second kappa shape index (κ2) is 5.40. The van der Waals surface area contributed by atoms with Gasteiger partial charge in [0, 0.05) is 0 Å². The summed E-state index contributed by atoms with van der Waals surface area (Å²) in [5, 5.41) is 0. The fourth-order valence-electron chi connectivity index (χ4n) is 2.03. The summed E-state index contributed by atoms with van der Waals surface area (Å²) in [6.07, 6.45) is 13.5. The lowest BCUT2D eigenvalue weighted by atomic mass is 9.86. The Kier molecular flexibility index (Phi) is 4.33. The zero-order valence-electron chi connectivity index (χ0n) is 7.52. The molecule has 0 aromatic carbocycles. The van der Waals surface area contributed by atoms with Crippen LogP contribution >= 0.6 is 0 Å². The lowest BCUT2D eigenvalue weighted by Gasteiger charge is -2.20. The van der Waals surface area contributed by atoms with Gasteiger partial charge < -0.3 is 0 Å². The van der Waals surface area contributed by atoms with Crippen molar-refractivity contribution in [3.05, 3.63) is 12.7 Å². The molecule has 0 atom stereocenters. The fourth-order valence-corrected chi connectivity index (χ4v) is 2.03. The minimum absolute atomic E-state index is 1.06. The Hall–Kier alpha value is -0.260. The molecule has 1 aliphatic rings. The van der Waals surface area contributed by atoms with E-state index in [9.17, 15) is 0 Å². The first-order valence-electron chi connectivity index (χ1n) is 5.04. The molecule has 0 aliphatic heterocycles. The van der Waals surface area contributed by atoms with Gasteiger partial charge in [-0.1, -0.05) is 44.6 Å². The first-order chi connectivity index (χ1) is 5.43. The average Bonchev–Trinajstić information content (AvgIpc) is 2.07. The SMILES string of the molecule is C=CCCCC1CCCCC1. The van der Waals surface area contributed by atoms with Crippen molar-refractivity contribution in [1.82, 2.24) is 0 Å². The predicted molar refractivity (Wildman–Crippen MR) is 50.6 cm³/mol. The van der Waals surface area contributed by atoms with Crippen molar-refractivity contribution in [3.8, 4) is 0 Å². The molecule has 0 radical (unpaired) electrons. The molecule has 0 heterocycles. The highest BCUT2D eigenvalue weighted by atomic mass is 14.2. The van der Waals surface area contributed by atoms with Crippen LogP contribution in [0.15, 0.2) is 12.7 Å². The van der Waals surface area contributed by atoms with E-state index in [0.29, 0.717) is 0 Å². The highest BCUT2D eigenvalue weighted by Gasteiger charge is 2.11. The minimum atomic E-state index is 1.06. The van der Waals surface area contributed by atoms with Crippen molar-refractivity contribution in [3.63, 3.8) is 0 Å². The number of hydrogen-bond acceptors (Lipinski definition) is 0. The van der Waals surface area contributed by atoms with Crippen LogP contribution in [-0.2, 0) is 0 Å². The van der Waals surface area contributed by atoms with Crippen LogP contribution in [0.1, 0.15) is 51.4 Å². The molecule has 1 saturated carbocycles. The average molecular weight is 152 g/mol. The zero-order chi connectivity index (χ0) is 7.94. The van der Waals surface area contributed by atoms with Crippen molar-refractivity contribution in [1.29, 1.82) is 0 Å². The van der Waals surface area contributed by atoms with Gasteiger partial charge in [0.1, 0.15) is 0 Å². The normalized spacial score (nSPS) is 20.0. The number of allylic oxidation sites excluding steroid dienone is 1. The maximum absolute atomic E-state index is 3.74. The molecule has 0 spiro atoms. The van der Waals surface area contributed by atoms with Gasteiger partial charge in [0.15, 0.2) is 0 Å². The van der Waals surface area contributed by atoms with E-state index in [1.807, 2.05) is 6.08 Å². The third-order valence-electron chi connectivity index (χ3n) is 2.75. The van der Waals surface area contributed by atoms with E-state index in [4.69, 9.17) is 0 Å². The van der Waals surface area contributed by atoms with E-state index in [1.165, 1.54) is 51.4 Å². The van der Waals surface area contributed by atoms with Gasteiger partial charge in [-0.05, 0) is 18.8 Å². The van der Waals surface area contributed by atoms with Gasteiger partial charge in [-0.2, -0.15) is 0 Å². The topological polar surface area (TPSA) is 0 Å². The number of hydrogen-bond donors (Lipinski definition) is 0. The van der Waals surface area contributed by atoms with Gasteiger partial charge in [0.05, 0.1) is 0 Å². The Bertz CT molecular complexity index is 98.6. The molecule has 0 bridgehead atoms. The molecule has 1 rings (SSSR count).